The quantitative estimate of drug-likeness (QED) is 0.699. The molecular formula is C22H24BrNO4S. The number of benzene rings is 2. The van der Waals surface area contributed by atoms with Gasteiger partial charge in [0, 0.05) is 22.4 Å². The molecule has 0 spiro atoms. The lowest BCUT2D eigenvalue weighted by molar-refractivity contribution is -0.132. The van der Waals surface area contributed by atoms with Crippen LogP contribution in [0, 0.1) is 0 Å². The topological polar surface area (TPSA) is 72.5 Å². The molecule has 0 radical (unpaired) electrons. The first-order valence-electron chi connectivity index (χ1n) is 9.56. The van der Waals surface area contributed by atoms with Gasteiger partial charge in [-0.15, -0.1) is 0 Å². The van der Waals surface area contributed by atoms with Gasteiger partial charge in [0.15, 0.2) is 20.8 Å². The highest BCUT2D eigenvalue weighted by atomic mass is 79.9. The summed E-state index contributed by atoms with van der Waals surface area (Å²) >= 11 is 3.44. The number of hydrogen-bond acceptors (Lipinski definition) is 4. The third-order valence-corrected chi connectivity index (χ3v) is 8.34. The molecule has 1 saturated heterocycles. The van der Waals surface area contributed by atoms with Gasteiger partial charge in [-0.25, -0.2) is 8.42 Å². The zero-order chi connectivity index (χ0) is 21.2. The largest absolute Gasteiger partial charge is 0.468 e. The summed E-state index contributed by atoms with van der Waals surface area (Å²) in [7, 11) is -3.89. The number of halogens is 1. The van der Waals surface area contributed by atoms with Gasteiger partial charge in [0.1, 0.15) is 5.75 Å². The second kappa shape index (κ2) is 6.57. The summed E-state index contributed by atoms with van der Waals surface area (Å²) in [6.45, 7) is 8.00. The number of carbonyl (C=O) groups is 1. The van der Waals surface area contributed by atoms with Gasteiger partial charge in [0.2, 0.25) is 5.91 Å². The number of rotatable bonds is 2. The van der Waals surface area contributed by atoms with E-state index in [4.69, 9.17) is 4.74 Å². The maximum absolute atomic E-state index is 13.5. The lowest BCUT2D eigenvalue weighted by atomic mass is 9.81. The van der Waals surface area contributed by atoms with Crippen LogP contribution in [0.1, 0.15) is 51.2 Å². The van der Waals surface area contributed by atoms with Crippen LogP contribution in [-0.2, 0) is 20.0 Å². The molecule has 2 heterocycles. The number of nitrogens with one attached hydrogen (secondary N) is 1. The van der Waals surface area contributed by atoms with Crippen molar-refractivity contribution >= 4 is 31.7 Å². The van der Waals surface area contributed by atoms with E-state index < -0.39 is 32.6 Å². The van der Waals surface area contributed by atoms with Gasteiger partial charge < -0.3 is 10.1 Å². The van der Waals surface area contributed by atoms with Crippen molar-refractivity contribution in [1.29, 1.82) is 0 Å². The number of carbonyl (C=O) groups excluding carboxylic acids is 1. The fraction of sp³-hybridized carbons (Fsp3) is 0.409. The van der Waals surface area contributed by atoms with E-state index in [9.17, 15) is 13.2 Å². The van der Waals surface area contributed by atoms with Crippen LogP contribution >= 0.6 is 15.9 Å². The van der Waals surface area contributed by atoms with Crippen molar-refractivity contribution in [3.63, 3.8) is 0 Å². The second-order valence-corrected chi connectivity index (χ2v) is 12.0. The summed E-state index contributed by atoms with van der Waals surface area (Å²) in [4.78, 5) is 13.1. The predicted octanol–water partition coefficient (Wildman–Crippen LogP) is 4.30. The summed E-state index contributed by atoms with van der Waals surface area (Å²) in [6, 6.07) is 12.4. The average Bonchev–Trinajstić information content (AvgIpc) is 2.61. The second-order valence-electron chi connectivity index (χ2n) is 9.05. The lowest BCUT2D eigenvalue weighted by Crippen LogP contribution is -2.63. The van der Waals surface area contributed by atoms with E-state index in [1.807, 2.05) is 30.3 Å². The molecule has 1 amide bonds. The molecule has 1 N–H and O–H groups in total. The first kappa shape index (κ1) is 20.4. The molecule has 0 unspecified atom stereocenters. The summed E-state index contributed by atoms with van der Waals surface area (Å²) in [6.07, 6.45) is 0.395. The molecule has 1 fully saturated rings. The number of hydrogen-bond donors (Lipinski definition) is 1. The van der Waals surface area contributed by atoms with E-state index in [1.165, 1.54) is 0 Å². The van der Waals surface area contributed by atoms with E-state index in [0.717, 1.165) is 15.6 Å². The Labute approximate surface area is 179 Å². The SMILES string of the molecule is CC(C)(C)c1ccc(S(=O)(=O)[C@@H]2C(=O)N[C@@]3(C)C[C@@H]2c2cc(Br)ccc2O3)cc1. The summed E-state index contributed by atoms with van der Waals surface area (Å²) in [5.74, 6) is -0.396. The van der Waals surface area contributed by atoms with Crippen molar-refractivity contribution in [1.82, 2.24) is 5.32 Å². The van der Waals surface area contributed by atoms with Gasteiger partial charge in [-0.1, -0.05) is 48.8 Å². The Morgan fingerprint density at radius 3 is 2.41 bits per heavy atom. The highest BCUT2D eigenvalue weighted by Crippen LogP contribution is 2.47. The monoisotopic (exact) mass is 477 g/mol. The molecule has 29 heavy (non-hydrogen) atoms. The van der Waals surface area contributed by atoms with Gasteiger partial charge in [-0.2, -0.15) is 0 Å². The molecule has 0 saturated carbocycles. The molecule has 2 aromatic rings. The lowest BCUT2D eigenvalue weighted by Gasteiger charge is -2.46. The Morgan fingerprint density at radius 1 is 1.14 bits per heavy atom. The number of fused-ring (bicyclic) bond motifs is 4. The van der Waals surface area contributed by atoms with Gasteiger partial charge in [0.25, 0.3) is 0 Å². The zero-order valence-corrected chi connectivity index (χ0v) is 19.2. The average molecular weight is 478 g/mol. The molecular weight excluding hydrogens is 454 g/mol. The highest BCUT2D eigenvalue weighted by molar-refractivity contribution is 9.10. The molecule has 4 rings (SSSR count). The Bertz CT molecular complexity index is 1090. The Balaban J connectivity index is 1.80. The molecule has 5 nitrogen and oxygen atoms in total. The van der Waals surface area contributed by atoms with Gasteiger partial charge >= 0.3 is 0 Å². The Hall–Kier alpha value is -1.86. The van der Waals surface area contributed by atoms with Crippen LogP contribution in [0.15, 0.2) is 51.8 Å². The number of amides is 1. The van der Waals surface area contributed by atoms with Gasteiger partial charge in [-0.3, -0.25) is 4.79 Å². The van der Waals surface area contributed by atoms with Crippen LogP contribution < -0.4 is 10.1 Å². The third-order valence-electron chi connectivity index (χ3n) is 5.71. The normalized spacial score (nSPS) is 26.3. The van der Waals surface area contributed by atoms with Crippen LogP contribution in [-0.4, -0.2) is 25.3 Å². The fourth-order valence-corrected chi connectivity index (χ4v) is 6.43. The first-order valence-corrected chi connectivity index (χ1v) is 11.9. The minimum atomic E-state index is -3.89. The van der Waals surface area contributed by atoms with Crippen molar-refractivity contribution in [2.75, 3.05) is 0 Å². The van der Waals surface area contributed by atoms with Crippen LogP contribution in [0.2, 0.25) is 0 Å². The molecule has 0 aromatic heterocycles. The Morgan fingerprint density at radius 2 is 1.79 bits per heavy atom. The molecule has 154 valence electrons. The third kappa shape index (κ3) is 3.48. The number of piperidine rings is 1. The van der Waals surface area contributed by atoms with E-state index in [1.54, 1.807) is 19.1 Å². The predicted molar refractivity (Wildman–Crippen MR) is 115 cm³/mol. The minimum absolute atomic E-state index is 0.0851. The van der Waals surface area contributed by atoms with Gasteiger partial charge in [0.05, 0.1) is 4.90 Å². The van der Waals surface area contributed by atoms with Crippen LogP contribution in [0.3, 0.4) is 0 Å². The van der Waals surface area contributed by atoms with Crippen molar-refractivity contribution in [2.24, 2.45) is 0 Å². The van der Waals surface area contributed by atoms with E-state index in [0.29, 0.717) is 12.2 Å². The van der Waals surface area contributed by atoms with E-state index in [-0.39, 0.29) is 10.3 Å². The molecule has 2 aliphatic heterocycles. The molecule has 2 aromatic carbocycles. The zero-order valence-electron chi connectivity index (χ0n) is 16.8. The fourth-order valence-electron chi connectivity index (χ4n) is 4.23. The van der Waals surface area contributed by atoms with Crippen molar-refractivity contribution in [3.05, 3.63) is 58.1 Å². The van der Waals surface area contributed by atoms with Crippen molar-refractivity contribution in [3.8, 4) is 5.75 Å². The molecule has 3 atom stereocenters. The first-order chi connectivity index (χ1) is 13.4. The van der Waals surface area contributed by atoms with Crippen LogP contribution in [0.25, 0.3) is 0 Å². The molecule has 0 aliphatic carbocycles. The van der Waals surface area contributed by atoms with Crippen LogP contribution in [0.4, 0.5) is 0 Å². The van der Waals surface area contributed by atoms with Crippen molar-refractivity contribution < 1.29 is 17.9 Å². The maximum atomic E-state index is 13.5. The van der Waals surface area contributed by atoms with E-state index in [2.05, 4.69) is 42.0 Å². The Kier molecular flexibility index (Phi) is 4.63. The number of ether oxygens (including phenoxy) is 1. The highest BCUT2D eigenvalue weighted by Gasteiger charge is 2.54. The minimum Gasteiger partial charge on any atom is -0.468 e. The molecule has 2 aliphatic rings. The summed E-state index contributed by atoms with van der Waals surface area (Å²) in [5, 5.41) is 1.59. The van der Waals surface area contributed by atoms with Crippen molar-refractivity contribution in [2.45, 2.75) is 61.3 Å². The number of sulfone groups is 1. The summed E-state index contributed by atoms with van der Waals surface area (Å²) < 4.78 is 33.9. The summed E-state index contributed by atoms with van der Waals surface area (Å²) in [5.41, 5.74) is 0.784. The smallest absolute Gasteiger partial charge is 0.242 e. The van der Waals surface area contributed by atoms with E-state index >= 15 is 0 Å². The maximum Gasteiger partial charge on any atom is 0.242 e. The van der Waals surface area contributed by atoms with Crippen LogP contribution in [0.5, 0.6) is 5.75 Å². The molecule has 7 heteroatoms. The standard InChI is InChI=1S/C22H24BrNO4S/c1-21(2,3)13-5-8-15(9-6-13)29(26,27)19-17-12-22(4,24-20(19)25)28-18-10-7-14(23)11-16(17)18/h5-11,17,19H,12H2,1-4H3,(H,24,25)/t17-,19+,22-/m1/s1. The molecule has 2 bridgehead atoms. The van der Waals surface area contributed by atoms with Gasteiger partial charge in [-0.05, 0) is 48.2 Å².